The molecular formula is C19H18ClNO2. The first-order chi connectivity index (χ1) is 11.0. The number of halogens is 1. The molecule has 0 aliphatic carbocycles. The molecule has 0 fully saturated rings. The average Bonchev–Trinajstić information content (AvgIpc) is 2.89. The summed E-state index contributed by atoms with van der Waals surface area (Å²) in [6, 6.07) is 15.0. The lowest BCUT2D eigenvalue weighted by Crippen LogP contribution is -2.08. The Morgan fingerprint density at radius 1 is 1.17 bits per heavy atom. The number of carbonyl (C=O) groups excluding carboxylic acids is 1. The van der Waals surface area contributed by atoms with Crippen LogP contribution in [0.2, 0.25) is 0 Å². The summed E-state index contributed by atoms with van der Waals surface area (Å²) in [5.41, 5.74) is 3.02. The smallest absolute Gasteiger partial charge is 0.195 e. The van der Waals surface area contributed by atoms with Crippen LogP contribution in [0.5, 0.6) is 0 Å². The molecule has 2 aromatic carbocycles. The van der Waals surface area contributed by atoms with E-state index in [4.69, 9.17) is 11.6 Å². The maximum atomic E-state index is 12.9. The number of aromatic nitrogens is 1. The van der Waals surface area contributed by atoms with Crippen molar-refractivity contribution in [3.63, 3.8) is 0 Å². The monoisotopic (exact) mass is 327 g/mol. The number of ketones is 1. The number of aliphatic hydroxyl groups is 1. The van der Waals surface area contributed by atoms with Gasteiger partial charge in [0.25, 0.3) is 0 Å². The van der Waals surface area contributed by atoms with Crippen LogP contribution in [0.4, 0.5) is 0 Å². The minimum Gasteiger partial charge on any atom is -0.377 e. The van der Waals surface area contributed by atoms with Gasteiger partial charge in [0.05, 0.1) is 5.56 Å². The molecule has 3 nitrogen and oxygen atoms in total. The van der Waals surface area contributed by atoms with Crippen molar-refractivity contribution < 1.29 is 9.90 Å². The molecule has 0 saturated carbocycles. The van der Waals surface area contributed by atoms with E-state index in [0.29, 0.717) is 11.1 Å². The van der Waals surface area contributed by atoms with Crippen molar-refractivity contribution in [2.75, 3.05) is 0 Å². The number of benzene rings is 2. The van der Waals surface area contributed by atoms with Gasteiger partial charge in [-0.25, -0.2) is 0 Å². The van der Waals surface area contributed by atoms with Crippen LogP contribution in [0.15, 0.2) is 48.5 Å². The van der Waals surface area contributed by atoms with Crippen LogP contribution in [0.25, 0.3) is 10.9 Å². The van der Waals surface area contributed by atoms with E-state index in [2.05, 4.69) is 4.98 Å². The van der Waals surface area contributed by atoms with Crippen LogP contribution in [0, 0.1) is 6.92 Å². The number of hydrogen-bond donors (Lipinski definition) is 2. The molecule has 0 aliphatic rings. The van der Waals surface area contributed by atoms with Crippen molar-refractivity contribution in [3.05, 3.63) is 70.9 Å². The van der Waals surface area contributed by atoms with Crippen molar-refractivity contribution in [2.45, 2.75) is 25.3 Å². The molecule has 0 bridgehead atoms. The Morgan fingerprint density at radius 2 is 1.87 bits per heavy atom. The summed E-state index contributed by atoms with van der Waals surface area (Å²) in [5, 5.41) is 10.5. The van der Waals surface area contributed by atoms with Crippen molar-refractivity contribution >= 4 is 28.3 Å². The first kappa shape index (κ1) is 15.8. The molecule has 3 rings (SSSR count). The molecule has 0 saturated heterocycles. The lowest BCUT2D eigenvalue weighted by Gasteiger charge is -2.13. The quantitative estimate of drug-likeness (QED) is 0.552. The van der Waals surface area contributed by atoms with E-state index in [9.17, 15) is 9.90 Å². The van der Waals surface area contributed by atoms with Crippen molar-refractivity contribution in [3.8, 4) is 0 Å². The van der Waals surface area contributed by atoms with Gasteiger partial charge in [-0.15, -0.1) is 0 Å². The highest BCUT2D eigenvalue weighted by atomic mass is 35.5. The number of rotatable bonds is 4. The zero-order chi connectivity index (χ0) is 16.6. The SMILES string of the molecule is Cc1[nH]c2ccc(C(C)C(O)Cl)cc2c1C(=O)c1ccccc1. The van der Waals surface area contributed by atoms with Crippen molar-refractivity contribution in [2.24, 2.45) is 0 Å². The molecule has 23 heavy (non-hydrogen) atoms. The van der Waals surface area contributed by atoms with Gasteiger partial charge >= 0.3 is 0 Å². The van der Waals surface area contributed by atoms with Gasteiger partial charge in [-0.3, -0.25) is 4.79 Å². The second kappa shape index (κ2) is 6.19. The average molecular weight is 328 g/mol. The van der Waals surface area contributed by atoms with Gasteiger partial charge in [0.1, 0.15) is 5.56 Å². The van der Waals surface area contributed by atoms with E-state index in [1.807, 2.05) is 62.4 Å². The molecule has 0 aliphatic heterocycles. The van der Waals surface area contributed by atoms with Crippen molar-refractivity contribution in [1.82, 2.24) is 4.98 Å². The predicted octanol–water partition coefficient (Wildman–Crippen LogP) is 4.37. The number of H-pyrrole nitrogens is 1. The lowest BCUT2D eigenvalue weighted by atomic mass is 9.96. The summed E-state index contributed by atoms with van der Waals surface area (Å²) in [4.78, 5) is 16.1. The predicted molar refractivity (Wildman–Crippen MR) is 93.2 cm³/mol. The van der Waals surface area contributed by atoms with E-state index in [0.717, 1.165) is 22.2 Å². The summed E-state index contributed by atoms with van der Waals surface area (Å²) in [6.45, 7) is 3.76. The molecule has 2 N–H and O–H groups in total. The number of aromatic amines is 1. The Hall–Kier alpha value is -2.10. The molecule has 0 radical (unpaired) electrons. The molecule has 1 heterocycles. The van der Waals surface area contributed by atoms with E-state index < -0.39 is 5.56 Å². The Balaban J connectivity index is 2.14. The number of nitrogens with one attached hydrogen (secondary N) is 1. The van der Waals surface area contributed by atoms with Crippen LogP contribution in [0.1, 0.15) is 40.0 Å². The van der Waals surface area contributed by atoms with E-state index in [1.165, 1.54) is 0 Å². The highest BCUT2D eigenvalue weighted by Gasteiger charge is 2.20. The fourth-order valence-corrected chi connectivity index (χ4v) is 2.96. The molecule has 0 amide bonds. The van der Waals surface area contributed by atoms with Gasteiger partial charge in [0.2, 0.25) is 0 Å². The van der Waals surface area contributed by atoms with Gasteiger partial charge < -0.3 is 10.1 Å². The third kappa shape index (κ3) is 2.90. The summed E-state index contributed by atoms with van der Waals surface area (Å²) in [7, 11) is 0. The topological polar surface area (TPSA) is 53.1 Å². The first-order valence-electron chi connectivity index (χ1n) is 7.53. The zero-order valence-corrected chi connectivity index (χ0v) is 13.8. The summed E-state index contributed by atoms with van der Waals surface area (Å²) < 4.78 is 0. The van der Waals surface area contributed by atoms with Crippen LogP contribution in [-0.4, -0.2) is 21.4 Å². The Labute approximate surface area is 139 Å². The molecular weight excluding hydrogens is 310 g/mol. The van der Waals surface area contributed by atoms with Gasteiger partial charge in [-0.2, -0.15) is 0 Å². The molecule has 118 valence electrons. The van der Waals surface area contributed by atoms with Crippen LogP contribution in [0.3, 0.4) is 0 Å². The van der Waals surface area contributed by atoms with E-state index in [-0.39, 0.29) is 11.7 Å². The lowest BCUT2D eigenvalue weighted by molar-refractivity contribution is 0.103. The largest absolute Gasteiger partial charge is 0.377 e. The summed E-state index contributed by atoms with van der Waals surface area (Å²) in [6.07, 6.45) is 0. The number of aliphatic hydroxyl groups excluding tert-OH is 1. The minimum atomic E-state index is -0.958. The molecule has 4 heteroatoms. The second-order valence-electron chi connectivity index (χ2n) is 5.79. The molecule has 3 aromatic rings. The summed E-state index contributed by atoms with van der Waals surface area (Å²) in [5.74, 6) is -0.221. The number of aryl methyl sites for hydroxylation is 1. The van der Waals surface area contributed by atoms with Gasteiger partial charge in [-0.1, -0.05) is 54.9 Å². The molecule has 2 atom stereocenters. The summed E-state index contributed by atoms with van der Waals surface area (Å²) >= 11 is 5.80. The zero-order valence-electron chi connectivity index (χ0n) is 13.0. The Bertz CT molecular complexity index is 852. The maximum Gasteiger partial charge on any atom is 0.195 e. The highest BCUT2D eigenvalue weighted by molar-refractivity contribution is 6.20. The van der Waals surface area contributed by atoms with Crippen LogP contribution in [-0.2, 0) is 0 Å². The van der Waals surface area contributed by atoms with Gasteiger partial charge in [-0.05, 0) is 24.6 Å². The van der Waals surface area contributed by atoms with Crippen molar-refractivity contribution in [1.29, 1.82) is 0 Å². The normalized spacial score (nSPS) is 13.9. The second-order valence-corrected chi connectivity index (χ2v) is 6.23. The fourth-order valence-electron chi connectivity index (χ4n) is 2.81. The Kier molecular flexibility index (Phi) is 4.24. The van der Waals surface area contributed by atoms with Crippen LogP contribution < -0.4 is 0 Å². The minimum absolute atomic E-state index is 0.00873. The standard InChI is InChI=1S/C19H18ClNO2/c1-11(19(20)23)14-8-9-16-15(10-14)17(12(2)21-16)18(22)13-6-4-3-5-7-13/h3-11,19,21,23H,1-2H3. The number of fused-ring (bicyclic) bond motifs is 1. The van der Waals surface area contributed by atoms with Gasteiger partial charge in [0, 0.05) is 28.1 Å². The Morgan fingerprint density at radius 3 is 2.52 bits per heavy atom. The number of hydrogen-bond acceptors (Lipinski definition) is 2. The van der Waals surface area contributed by atoms with E-state index in [1.54, 1.807) is 0 Å². The van der Waals surface area contributed by atoms with E-state index >= 15 is 0 Å². The molecule has 0 spiro atoms. The molecule has 2 unspecified atom stereocenters. The third-order valence-electron chi connectivity index (χ3n) is 4.21. The fraction of sp³-hybridized carbons (Fsp3) is 0.211. The third-order valence-corrected chi connectivity index (χ3v) is 4.59. The number of carbonyl (C=O) groups is 1. The highest BCUT2D eigenvalue weighted by Crippen LogP contribution is 2.30. The number of alkyl halides is 1. The van der Waals surface area contributed by atoms with Crippen LogP contribution >= 0.6 is 11.6 Å². The van der Waals surface area contributed by atoms with Gasteiger partial charge in [0.15, 0.2) is 5.78 Å². The molecule has 1 aromatic heterocycles. The first-order valence-corrected chi connectivity index (χ1v) is 7.97. The maximum absolute atomic E-state index is 12.9.